The number of carbonyl (C=O) groups excluding carboxylic acids is 1. The van der Waals surface area contributed by atoms with E-state index in [9.17, 15) is 4.79 Å². The summed E-state index contributed by atoms with van der Waals surface area (Å²) in [6, 6.07) is 15.6. The fourth-order valence-corrected chi connectivity index (χ4v) is 3.68. The van der Waals surface area contributed by atoms with E-state index in [4.69, 9.17) is 23.7 Å². The number of unbranched alkanes of at least 4 members (excludes halogenated alkanes) is 5. The van der Waals surface area contributed by atoms with Crippen LogP contribution in [-0.4, -0.2) is 58.8 Å². The first-order valence-electron chi connectivity index (χ1n) is 13.6. The minimum absolute atomic E-state index is 0.0972. The number of hydrogen-bond acceptors (Lipinski definition) is 6. The van der Waals surface area contributed by atoms with Gasteiger partial charge in [0, 0.05) is 12.6 Å². The molecule has 2 rings (SSSR count). The summed E-state index contributed by atoms with van der Waals surface area (Å²) in [5.41, 5.74) is 2.12. The molecule has 7 nitrogen and oxygen atoms in total. The highest BCUT2D eigenvalue weighted by atomic mass is 16.6. The van der Waals surface area contributed by atoms with E-state index >= 15 is 0 Å². The second kappa shape index (κ2) is 20.4. The molecule has 0 bridgehead atoms. The van der Waals surface area contributed by atoms with Crippen LogP contribution in [-0.2, 0) is 25.4 Å². The predicted octanol–water partition coefficient (Wildman–Crippen LogP) is 6.06. The summed E-state index contributed by atoms with van der Waals surface area (Å²) in [7, 11) is 0. The van der Waals surface area contributed by atoms with E-state index in [1.807, 2.05) is 24.3 Å². The van der Waals surface area contributed by atoms with Crippen LogP contribution in [0.5, 0.6) is 11.5 Å². The molecule has 206 valence electrons. The first kappa shape index (κ1) is 30.6. The number of rotatable bonds is 22. The standard InChI is InChI=1S/C30H45NO6/c1-3-4-5-6-7-8-9-27-10-14-29(15-11-27)36-24-22-34-20-18-33-19-21-35-23-25-37-30-16-12-28(13-17-30)31-26(2)32/h10-17H,3-9,18-25H2,1-2H3,(H,31,32). The molecule has 0 saturated heterocycles. The molecule has 0 aromatic heterocycles. The Morgan fingerprint density at radius 1 is 0.622 bits per heavy atom. The number of anilines is 1. The fourth-order valence-electron chi connectivity index (χ4n) is 3.68. The number of ether oxygens (including phenoxy) is 5. The molecular weight excluding hydrogens is 470 g/mol. The molecule has 0 aliphatic heterocycles. The van der Waals surface area contributed by atoms with Gasteiger partial charge in [0.15, 0.2) is 0 Å². The SMILES string of the molecule is CCCCCCCCc1ccc(OCCOCCOCCOCCOc2ccc(NC(C)=O)cc2)cc1. The van der Waals surface area contributed by atoms with Crippen LogP contribution in [0, 0.1) is 0 Å². The second-order valence-electron chi connectivity index (χ2n) is 8.90. The van der Waals surface area contributed by atoms with Crippen LogP contribution in [0.25, 0.3) is 0 Å². The van der Waals surface area contributed by atoms with E-state index in [1.54, 1.807) is 12.1 Å². The van der Waals surface area contributed by atoms with Crippen molar-refractivity contribution >= 4 is 11.6 Å². The second-order valence-corrected chi connectivity index (χ2v) is 8.90. The van der Waals surface area contributed by atoms with E-state index in [-0.39, 0.29) is 5.91 Å². The van der Waals surface area contributed by atoms with Gasteiger partial charge in [-0.15, -0.1) is 0 Å². The molecule has 7 heteroatoms. The van der Waals surface area contributed by atoms with Gasteiger partial charge in [0.1, 0.15) is 24.7 Å². The Bertz CT molecular complexity index is 825. The monoisotopic (exact) mass is 515 g/mol. The van der Waals surface area contributed by atoms with Crippen molar-refractivity contribution in [2.75, 3.05) is 58.2 Å². The van der Waals surface area contributed by atoms with E-state index in [0.717, 1.165) is 23.6 Å². The van der Waals surface area contributed by atoms with E-state index in [1.165, 1.54) is 51.0 Å². The largest absolute Gasteiger partial charge is 0.491 e. The summed E-state index contributed by atoms with van der Waals surface area (Å²) in [6.45, 7) is 7.77. The number of amides is 1. The van der Waals surface area contributed by atoms with Gasteiger partial charge >= 0.3 is 0 Å². The minimum Gasteiger partial charge on any atom is -0.491 e. The number of benzene rings is 2. The predicted molar refractivity (Wildman–Crippen MR) is 148 cm³/mol. The maximum Gasteiger partial charge on any atom is 0.221 e. The number of carbonyl (C=O) groups is 1. The van der Waals surface area contributed by atoms with Crippen molar-refractivity contribution in [1.82, 2.24) is 0 Å². The normalized spacial score (nSPS) is 10.9. The Hall–Kier alpha value is -2.61. The van der Waals surface area contributed by atoms with E-state index in [0.29, 0.717) is 52.9 Å². The smallest absolute Gasteiger partial charge is 0.221 e. The van der Waals surface area contributed by atoms with Gasteiger partial charge in [-0.05, 0) is 54.8 Å². The Morgan fingerprint density at radius 2 is 1.08 bits per heavy atom. The van der Waals surface area contributed by atoms with Crippen LogP contribution in [0.15, 0.2) is 48.5 Å². The van der Waals surface area contributed by atoms with Crippen LogP contribution >= 0.6 is 0 Å². The quantitative estimate of drug-likeness (QED) is 0.192. The number of aryl methyl sites for hydroxylation is 1. The van der Waals surface area contributed by atoms with Crippen molar-refractivity contribution in [2.24, 2.45) is 0 Å². The molecular formula is C30H45NO6. The molecule has 2 aromatic rings. The van der Waals surface area contributed by atoms with Crippen molar-refractivity contribution in [1.29, 1.82) is 0 Å². The third-order valence-corrected chi connectivity index (χ3v) is 5.65. The molecule has 0 atom stereocenters. The Kier molecular flexibility index (Phi) is 16.9. The van der Waals surface area contributed by atoms with Crippen molar-refractivity contribution in [3.8, 4) is 11.5 Å². The molecule has 0 radical (unpaired) electrons. The summed E-state index contributed by atoms with van der Waals surface area (Å²) >= 11 is 0. The van der Waals surface area contributed by atoms with Gasteiger partial charge in [-0.3, -0.25) is 4.79 Å². The fraction of sp³-hybridized carbons (Fsp3) is 0.567. The summed E-state index contributed by atoms with van der Waals surface area (Å²) in [4.78, 5) is 11.0. The lowest BCUT2D eigenvalue weighted by Gasteiger charge is -2.09. The highest BCUT2D eigenvalue weighted by Gasteiger charge is 1.99. The van der Waals surface area contributed by atoms with Crippen molar-refractivity contribution < 1.29 is 28.5 Å². The van der Waals surface area contributed by atoms with Gasteiger partial charge in [-0.25, -0.2) is 0 Å². The van der Waals surface area contributed by atoms with Crippen molar-refractivity contribution in [2.45, 2.75) is 58.8 Å². The zero-order chi connectivity index (χ0) is 26.4. The first-order chi connectivity index (χ1) is 18.2. The molecule has 1 N–H and O–H groups in total. The average molecular weight is 516 g/mol. The molecule has 0 aliphatic rings. The van der Waals surface area contributed by atoms with Crippen LogP contribution in [0.3, 0.4) is 0 Å². The molecule has 0 aliphatic carbocycles. The van der Waals surface area contributed by atoms with Gasteiger partial charge < -0.3 is 29.0 Å². The first-order valence-corrected chi connectivity index (χ1v) is 13.6. The zero-order valence-corrected chi connectivity index (χ0v) is 22.7. The van der Waals surface area contributed by atoms with Gasteiger partial charge in [0.25, 0.3) is 0 Å². The van der Waals surface area contributed by atoms with Gasteiger partial charge in [-0.1, -0.05) is 51.2 Å². The number of nitrogens with one attached hydrogen (secondary N) is 1. The molecule has 1 amide bonds. The summed E-state index contributed by atoms with van der Waals surface area (Å²) in [6.07, 6.45) is 9.10. The lowest BCUT2D eigenvalue weighted by molar-refractivity contribution is -0.114. The van der Waals surface area contributed by atoms with Gasteiger partial charge in [0.2, 0.25) is 5.91 Å². The van der Waals surface area contributed by atoms with Crippen LogP contribution < -0.4 is 14.8 Å². The number of hydrogen-bond donors (Lipinski definition) is 1. The summed E-state index contributed by atoms with van der Waals surface area (Å²) in [5, 5.41) is 2.72. The van der Waals surface area contributed by atoms with Crippen molar-refractivity contribution in [3.05, 3.63) is 54.1 Å². The molecule has 0 fully saturated rings. The topological polar surface area (TPSA) is 75.2 Å². The van der Waals surface area contributed by atoms with E-state index in [2.05, 4.69) is 24.4 Å². The summed E-state index contributed by atoms with van der Waals surface area (Å²) < 4.78 is 27.9. The summed E-state index contributed by atoms with van der Waals surface area (Å²) in [5.74, 6) is 1.52. The molecule has 0 spiro atoms. The van der Waals surface area contributed by atoms with Crippen molar-refractivity contribution in [3.63, 3.8) is 0 Å². The minimum atomic E-state index is -0.0972. The molecule has 37 heavy (non-hydrogen) atoms. The van der Waals surface area contributed by atoms with Crippen LogP contribution in [0.1, 0.15) is 57.9 Å². The maximum absolute atomic E-state index is 11.0. The van der Waals surface area contributed by atoms with Crippen LogP contribution in [0.4, 0.5) is 5.69 Å². The molecule has 0 saturated carbocycles. The molecule has 2 aromatic carbocycles. The zero-order valence-electron chi connectivity index (χ0n) is 22.7. The lowest BCUT2D eigenvalue weighted by atomic mass is 10.0. The Morgan fingerprint density at radius 3 is 1.59 bits per heavy atom. The highest BCUT2D eigenvalue weighted by molar-refractivity contribution is 5.88. The third kappa shape index (κ3) is 16.0. The maximum atomic E-state index is 11.0. The van der Waals surface area contributed by atoms with Crippen LogP contribution in [0.2, 0.25) is 0 Å². The van der Waals surface area contributed by atoms with E-state index < -0.39 is 0 Å². The third-order valence-electron chi connectivity index (χ3n) is 5.65. The molecule has 0 heterocycles. The van der Waals surface area contributed by atoms with Gasteiger partial charge in [-0.2, -0.15) is 0 Å². The van der Waals surface area contributed by atoms with Gasteiger partial charge in [0.05, 0.1) is 39.6 Å². The Balaban J connectivity index is 1.35. The molecule has 0 unspecified atom stereocenters. The average Bonchev–Trinajstić information content (AvgIpc) is 2.90. The Labute approximate surface area is 222 Å². The highest BCUT2D eigenvalue weighted by Crippen LogP contribution is 2.16. The lowest BCUT2D eigenvalue weighted by Crippen LogP contribution is -2.14.